The SMILES string of the molecule is Cc1ccnn1CCC(=O)N1CCN(CC2CC2)[C@@H](CCO)C1. The normalized spacial score (nSPS) is 22.5. The van der Waals surface area contributed by atoms with Gasteiger partial charge in [-0.3, -0.25) is 14.4 Å². The van der Waals surface area contributed by atoms with Crippen LogP contribution in [0, 0.1) is 12.8 Å². The molecule has 2 aliphatic rings. The fraction of sp³-hybridized carbons (Fsp3) is 0.765. The summed E-state index contributed by atoms with van der Waals surface area (Å²) in [5.41, 5.74) is 1.09. The van der Waals surface area contributed by atoms with Crippen molar-refractivity contribution in [2.24, 2.45) is 5.92 Å². The van der Waals surface area contributed by atoms with Crippen LogP contribution < -0.4 is 0 Å². The highest BCUT2D eigenvalue weighted by Gasteiger charge is 2.33. The van der Waals surface area contributed by atoms with E-state index in [1.807, 2.05) is 22.6 Å². The van der Waals surface area contributed by atoms with Crippen molar-refractivity contribution in [1.29, 1.82) is 0 Å². The van der Waals surface area contributed by atoms with E-state index in [4.69, 9.17) is 0 Å². The van der Waals surface area contributed by atoms with Crippen LogP contribution in [0.2, 0.25) is 0 Å². The molecule has 6 nitrogen and oxygen atoms in total. The minimum Gasteiger partial charge on any atom is -0.396 e. The van der Waals surface area contributed by atoms with Gasteiger partial charge in [0.25, 0.3) is 0 Å². The molecule has 1 saturated heterocycles. The minimum absolute atomic E-state index is 0.195. The summed E-state index contributed by atoms with van der Waals surface area (Å²) in [5, 5.41) is 13.6. The standard InChI is InChI=1S/C17H28N4O2/c1-14-4-7-18-21(14)8-5-17(23)20-10-9-19(12-15-2-3-15)16(13-20)6-11-22/h4,7,15-16,22H,2-3,5-6,8-13H2,1H3/t16-/m0/s1. The Morgan fingerprint density at radius 1 is 1.39 bits per heavy atom. The third-order valence-electron chi connectivity index (χ3n) is 5.08. The smallest absolute Gasteiger partial charge is 0.224 e. The van der Waals surface area contributed by atoms with E-state index in [-0.39, 0.29) is 12.5 Å². The fourth-order valence-electron chi connectivity index (χ4n) is 3.41. The molecule has 0 bridgehead atoms. The Labute approximate surface area is 138 Å². The lowest BCUT2D eigenvalue weighted by Crippen LogP contribution is -2.55. The van der Waals surface area contributed by atoms with E-state index >= 15 is 0 Å². The number of rotatable bonds is 7. The van der Waals surface area contributed by atoms with E-state index in [2.05, 4.69) is 10.00 Å². The maximum atomic E-state index is 12.5. The molecule has 2 fully saturated rings. The van der Waals surface area contributed by atoms with Gasteiger partial charge in [0, 0.05) is 63.7 Å². The van der Waals surface area contributed by atoms with Crippen molar-refractivity contribution in [2.75, 3.05) is 32.8 Å². The first-order valence-electron chi connectivity index (χ1n) is 8.78. The number of aryl methyl sites for hydroxylation is 2. The average Bonchev–Trinajstić information content (AvgIpc) is 3.27. The maximum Gasteiger partial charge on any atom is 0.224 e. The van der Waals surface area contributed by atoms with Crippen LogP contribution in [0.5, 0.6) is 0 Å². The Morgan fingerprint density at radius 2 is 2.22 bits per heavy atom. The number of aliphatic hydroxyl groups is 1. The number of hydrogen-bond donors (Lipinski definition) is 1. The summed E-state index contributed by atoms with van der Waals surface area (Å²) in [7, 11) is 0. The molecule has 1 N–H and O–H groups in total. The van der Waals surface area contributed by atoms with Crippen molar-refractivity contribution in [3.8, 4) is 0 Å². The predicted molar refractivity (Wildman–Crippen MR) is 87.9 cm³/mol. The molecule has 3 rings (SSSR count). The molecule has 2 heterocycles. The monoisotopic (exact) mass is 320 g/mol. The lowest BCUT2D eigenvalue weighted by Gasteiger charge is -2.41. The topological polar surface area (TPSA) is 61.6 Å². The highest BCUT2D eigenvalue weighted by molar-refractivity contribution is 5.76. The molecule has 1 atom stereocenters. The van der Waals surface area contributed by atoms with E-state index in [0.29, 0.717) is 19.0 Å². The zero-order valence-corrected chi connectivity index (χ0v) is 14.0. The number of carbonyl (C=O) groups is 1. The molecule has 1 saturated carbocycles. The van der Waals surface area contributed by atoms with Crippen molar-refractivity contribution >= 4 is 5.91 Å². The molecule has 0 unspecified atom stereocenters. The molecular weight excluding hydrogens is 292 g/mol. The first-order chi connectivity index (χ1) is 11.2. The van der Waals surface area contributed by atoms with Gasteiger partial charge in [-0.15, -0.1) is 0 Å². The molecule has 128 valence electrons. The predicted octanol–water partition coefficient (Wildman–Crippen LogP) is 0.887. The van der Waals surface area contributed by atoms with Gasteiger partial charge < -0.3 is 10.0 Å². The van der Waals surface area contributed by atoms with Crippen LogP contribution in [0.1, 0.15) is 31.4 Å². The molecule has 6 heteroatoms. The number of aromatic nitrogens is 2. The first kappa shape index (κ1) is 16.5. The van der Waals surface area contributed by atoms with Crippen LogP contribution in [0.25, 0.3) is 0 Å². The second kappa shape index (κ2) is 7.45. The highest BCUT2D eigenvalue weighted by atomic mass is 16.3. The number of aliphatic hydroxyl groups excluding tert-OH is 1. The van der Waals surface area contributed by atoms with Gasteiger partial charge in [-0.05, 0) is 38.2 Å². The Balaban J connectivity index is 1.51. The van der Waals surface area contributed by atoms with Gasteiger partial charge in [0.15, 0.2) is 0 Å². The van der Waals surface area contributed by atoms with Gasteiger partial charge in [-0.25, -0.2) is 0 Å². The Kier molecular flexibility index (Phi) is 5.33. The van der Waals surface area contributed by atoms with Crippen LogP contribution in [0.3, 0.4) is 0 Å². The van der Waals surface area contributed by atoms with Crippen LogP contribution in [0.15, 0.2) is 12.3 Å². The van der Waals surface area contributed by atoms with Crippen LogP contribution in [0.4, 0.5) is 0 Å². The number of piperazine rings is 1. The molecule has 1 aromatic heterocycles. The second-order valence-corrected chi connectivity index (χ2v) is 6.89. The number of hydrogen-bond acceptors (Lipinski definition) is 4. The third kappa shape index (κ3) is 4.32. The van der Waals surface area contributed by atoms with Gasteiger partial charge in [0.2, 0.25) is 5.91 Å². The molecule has 0 aromatic carbocycles. The van der Waals surface area contributed by atoms with Gasteiger partial charge in [-0.2, -0.15) is 5.10 Å². The highest BCUT2D eigenvalue weighted by Crippen LogP contribution is 2.31. The van der Waals surface area contributed by atoms with Crippen molar-refractivity contribution in [3.05, 3.63) is 18.0 Å². The fourth-order valence-corrected chi connectivity index (χ4v) is 3.41. The Morgan fingerprint density at radius 3 is 2.87 bits per heavy atom. The maximum absolute atomic E-state index is 12.5. The number of carbonyl (C=O) groups excluding carboxylic acids is 1. The van der Waals surface area contributed by atoms with Gasteiger partial charge in [0.05, 0.1) is 0 Å². The number of amides is 1. The zero-order valence-electron chi connectivity index (χ0n) is 14.0. The summed E-state index contributed by atoms with van der Waals surface area (Å²) >= 11 is 0. The van der Waals surface area contributed by atoms with E-state index in [0.717, 1.165) is 44.2 Å². The van der Waals surface area contributed by atoms with E-state index in [1.165, 1.54) is 12.8 Å². The van der Waals surface area contributed by atoms with Crippen LogP contribution in [-0.2, 0) is 11.3 Å². The molecule has 1 aromatic rings. The third-order valence-corrected chi connectivity index (χ3v) is 5.08. The van der Waals surface area contributed by atoms with Crippen LogP contribution in [-0.4, -0.2) is 69.4 Å². The van der Waals surface area contributed by atoms with Crippen molar-refractivity contribution in [1.82, 2.24) is 19.6 Å². The average molecular weight is 320 g/mol. The second-order valence-electron chi connectivity index (χ2n) is 6.89. The van der Waals surface area contributed by atoms with E-state index < -0.39 is 0 Å². The molecule has 23 heavy (non-hydrogen) atoms. The Bertz CT molecular complexity index is 526. The van der Waals surface area contributed by atoms with Crippen LogP contribution >= 0.6 is 0 Å². The largest absolute Gasteiger partial charge is 0.396 e. The van der Waals surface area contributed by atoms with Crippen molar-refractivity contribution < 1.29 is 9.90 Å². The van der Waals surface area contributed by atoms with Gasteiger partial charge >= 0.3 is 0 Å². The van der Waals surface area contributed by atoms with E-state index in [9.17, 15) is 9.90 Å². The number of nitrogens with zero attached hydrogens (tertiary/aromatic N) is 4. The summed E-state index contributed by atoms with van der Waals surface area (Å²) in [6.07, 6.45) is 5.71. The molecule has 1 amide bonds. The van der Waals surface area contributed by atoms with Crippen molar-refractivity contribution in [2.45, 2.75) is 45.2 Å². The summed E-state index contributed by atoms with van der Waals surface area (Å²) in [6.45, 7) is 6.49. The summed E-state index contributed by atoms with van der Waals surface area (Å²) in [6, 6.07) is 2.27. The quantitative estimate of drug-likeness (QED) is 0.810. The molecule has 1 aliphatic carbocycles. The minimum atomic E-state index is 0.195. The zero-order chi connectivity index (χ0) is 16.2. The molecular formula is C17H28N4O2. The first-order valence-corrected chi connectivity index (χ1v) is 8.78. The molecule has 0 radical (unpaired) electrons. The summed E-state index contributed by atoms with van der Waals surface area (Å²) in [5.74, 6) is 1.05. The lowest BCUT2D eigenvalue weighted by molar-refractivity contribution is -0.134. The van der Waals surface area contributed by atoms with E-state index in [1.54, 1.807) is 6.20 Å². The summed E-state index contributed by atoms with van der Waals surface area (Å²) < 4.78 is 1.88. The summed E-state index contributed by atoms with van der Waals surface area (Å²) in [4.78, 5) is 17.0. The van der Waals surface area contributed by atoms with Gasteiger partial charge in [-0.1, -0.05) is 0 Å². The molecule has 0 spiro atoms. The van der Waals surface area contributed by atoms with Gasteiger partial charge in [0.1, 0.15) is 0 Å². The molecule has 1 aliphatic heterocycles. The van der Waals surface area contributed by atoms with Crippen molar-refractivity contribution in [3.63, 3.8) is 0 Å². The lowest BCUT2D eigenvalue weighted by atomic mass is 10.1. The Hall–Kier alpha value is -1.40.